The van der Waals surface area contributed by atoms with E-state index in [1.54, 1.807) is 13.0 Å². The highest BCUT2D eigenvalue weighted by Crippen LogP contribution is 2.27. The molecular formula is C17H20N4O5S. The van der Waals surface area contributed by atoms with Gasteiger partial charge in [0.25, 0.3) is 5.69 Å². The number of benzene rings is 1. The van der Waals surface area contributed by atoms with Crippen LogP contribution in [0.5, 0.6) is 0 Å². The number of hydrogen-bond acceptors (Lipinski definition) is 7. The molecule has 2 atom stereocenters. The van der Waals surface area contributed by atoms with Crippen LogP contribution in [0, 0.1) is 17.0 Å². The summed E-state index contributed by atoms with van der Waals surface area (Å²) in [6.45, 7) is 2.95. The summed E-state index contributed by atoms with van der Waals surface area (Å²) in [6, 6.07) is 4.56. The first-order valence-corrected chi connectivity index (χ1v) is 9.49. The number of rotatable bonds is 6. The molecule has 0 radical (unpaired) electrons. The summed E-state index contributed by atoms with van der Waals surface area (Å²) in [5.41, 5.74) is 0.662. The van der Waals surface area contributed by atoms with Gasteiger partial charge in [0.1, 0.15) is 10.9 Å². The molecule has 27 heavy (non-hydrogen) atoms. The second kappa shape index (κ2) is 8.49. The Labute approximate surface area is 160 Å². The zero-order valence-corrected chi connectivity index (χ0v) is 15.6. The summed E-state index contributed by atoms with van der Waals surface area (Å²) in [4.78, 5) is 39.3. The van der Waals surface area contributed by atoms with Crippen molar-refractivity contribution in [1.29, 1.82) is 0 Å². The van der Waals surface area contributed by atoms with E-state index < -0.39 is 16.1 Å². The topological polar surface area (TPSA) is 123 Å². The third-order valence-corrected chi connectivity index (χ3v) is 5.35. The summed E-state index contributed by atoms with van der Waals surface area (Å²) in [5, 5.41) is 16.2. The molecule has 0 bridgehead atoms. The van der Waals surface area contributed by atoms with Gasteiger partial charge in [-0.3, -0.25) is 24.7 Å². The Morgan fingerprint density at radius 1 is 1.52 bits per heavy atom. The standard InChI is InChI=1S/C17H20N4O5S/c1-10-4-5-12(13(7-10)21(24)25)19-15(22)8-14-16(23)20-17(27-14)18-9-11-3-2-6-26-11/h4-5,7,11,14H,2-3,6,8-9H2,1H3,(H,19,22)(H,18,20,23)/t11-,14+/m1/s1. The van der Waals surface area contributed by atoms with Crippen LogP contribution >= 0.6 is 11.8 Å². The summed E-state index contributed by atoms with van der Waals surface area (Å²) < 4.78 is 5.49. The molecule has 3 rings (SSSR count). The molecule has 0 aliphatic carbocycles. The van der Waals surface area contributed by atoms with Crippen molar-refractivity contribution >= 4 is 40.1 Å². The molecule has 0 spiro atoms. The van der Waals surface area contributed by atoms with Crippen molar-refractivity contribution in [3.8, 4) is 0 Å². The molecule has 144 valence electrons. The van der Waals surface area contributed by atoms with Crippen molar-refractivity contribution in [3.05, 3.63) is 33.9 Å². The fourth-order valence-electron chi connectivity index (χ4n) is 2.86. The highest BCUT2D eigenvalue weighted by Gasteiger charge is 2.32. The molecule has 2 aliphatic heterocycles. The quantitative estimate of drug-likeness (QED) is 0.564. The Hall–Kier alpha value is -2.46. The molecule has 2 fully saturated rings. The lowest BCUT2D eigenvalue weighted by molar-refractivity contribution is -0.384. The molecule has 10 heteroatoms. The van der Waals surface area contributed by atoms with Crippen molar-refractivity contribution in [3.63, 3.8) is 0 Å². The molecule has 1 aromatic rings. The van der Waals surface area contributed by atoms with Gasteiger partial charge in [0.2, 0.25) is 11.8 Å². The maximum atomic E-state index is 12.3. The van der Waals surface area contributed by atoms with E-state index in [0.29, 0.717) is 11.7 Å². The average molecular weight is 392 g/mol. The Morgan fingerprint density at radius 2 is 2.33 bits per heavy atom. The van der Waals surface area contributed by atoms with Crippen LogP contribution in [0.3, 0.4) is 0 Å². The van der Waals surface area contributed by atoms with Crippen molar-refractivity contribution in [2.45, 2.75) is 37.5 Å². The molecule has 2 heterocycles. The summed E-state index contributed by atoms with van der Waals surface area (Å²) in [6.07, 6.45) is 1.96. The summed E-state index contributed by atoms with van der Waals surface area (Å²) in [7, 11) is 0. The van der Waals surface area contributed by atoms with Gasteiger partial charge in [0.15, 0.2) is 5.17 Å². The number of amides is 2. The third-order valence-electron chi connectivity index (χ3n) is 4.23. The van der Waals surface area contributed by atoms with Crippen LogP contribution in [-0.4, -0.2) is 46.4 Å². The maximum absolute atomic E-state index is 12.3. The first-order valence-electron chi connectivity index (χ1n) is 8.61. The van der Waals surface area contributed by atoms with E-state index in [1.807, 2.05) is 0 Å². The van der Waals surface area contributed by atoms with Gasteiger partial charge in [-0.25, -0.2) is 0 Å². The fraction of sp³-hybridized carbons (Fsp3) is 0.471. The third kappa shape index (κ3) is 5.04. The van der Waals surface area contributed by atoms with Crippen LogP contribution in [0.15, 0.2) is 23.2 Å². The monoisotopic (exact) mass is 392 g/mol. The van der Waals surface area contributed by atoms with E-state index in [0.717, 1.165) is 25.0 Å². The lowest BCUT2D eigenvalue weighted by atomic mass is 10.2. The van der Waals surface area contributed by atoms with E-state index in [9.17, 15) is 19.7 Å². The molecule has 2 N–H and O–H groups in total. The van der Waals surface area contributed by atoms with Gasteiger partial charge in [0, 0.05) is 19.1 Å². The number of carbonyl (C=O) groups is 2. The largest absolute Gasteiger partial charge is 0.376 e. The van der Waals surface area contributed by atoms with Gasteiger partial charge in [-0.2, -0.15) is 0 Å². The smallest absolute Gasteiger partial charge is 0.293 e. The van der Waals surface area contributed by atoms with E-state index in [-0.39, 0.29) is 29.8 Å². The maximum Gasteiger partial charge on any atom is 0.293 e. The van der Waals surface area contributed by atoms with Gasteiger partial charge in [-0.15, -0.1) is 0 Å². The zero-order chi connectivity index (χ0) is 19.4. The lowest BCUT2D eigenvalue weighted by Gasteiger charge is -2.08. The molecule has 2 amide bonds. The minimum absolute atomic E-state index is 0.0828. The van der Waals surface area contributed by atoms with Crippen LogP contribution in [0.2, 0.25) is 0 Å². The number of amidine groups is 1. The molecule has 2 aliphatic rings. The van der Waals surface area contributed by atoms with Crippen molar-refractivity contribution in [2.75, 3.05) is 18.5 Å². The van der Waals surface area contributed by atoms with Gasteiger partial charge >= 0.3 is 0 Å². The van der Waals surface area contributed by atoms with Crippen molar-refractivity contribution in [2.24, 2.45) is 4.99 Å². The molecule has 9 nitrogen and oxygen atoms in total. The highest BCUT2D eigenvalue weighted by atomic mass is 32.2. The minimum Gasteiger partial charge on any atom is -0.376 e. The molecule has 0 saturated carbocycles. The van der Waals surface area contributed by atoms with Crippen LogP contribution < -0.4 is 10.6 Å². The Morgan fingerprint density at radius 3 is 3.04 bits per heavy atom. The second-order valence-electron chi connectivity index (χ2n) is 6.41. The normalized spacial score (nSPS) is 23.4. The highest BCUT2D eigenvalue weighted by molar-refractivity contribution is 8.15. The van der Waals surface area contributed by atoms with Crippen molar-refractivity contribution in [1.82, 2.24) is 5.32 Å². The van der Waals surface area contributed by atoms with Gasteiger partial charge in [-0.05, 0) is 31.4 Å². The number of nitro benzene ring substituents is 1. The number of aryl methyl sites for hydroxylation is 1. The number of nitrogens with zero attached hydrogens (tertiary/aromatic N) is 2. The molecular weight excluding hydrogens is 372 g/mol. The summed E-state index contributed by atoms with van der Waals surface area (Å²) >= 11 is 1.19. The molecule has 0 aromatic heterocycles. The number of thioether (sulfide) groups is 1. The van der Waals surface area contributed by atoms with E-state index >= 15 is 0 Å². The second-order valence-corrected chi connectivity index (χ2v) is 7.60. The van der Waals surface area contributed by atoms with E-state index in [4.69, 9.17) is 4.74 Å². The summed E-state index contributed by atoms with van der Waals surface area (Å²) in [5.74, 6) is -0.755. The number of nitrogens with one attached hydrogen (secondary N) is 2. The Bertz CT molecular complexity index is 792. The lowest BCUT2D eigenvalue weighted by Crippen LogP contribution is -2.28. The zero-order valence-electron chi connectivity index (χ0n) is 14.8. The van der Waals surface area contributed by atoms with E-state index in [2.05, 4.69) is 15.6 Å². The van der Waals surface area contributed by atoms with Crippen LogP contribution in [0.4, 0.5) is 11.4 Å². The number of nitro groups is 1. The number of ether oxygens (including phenoxy) is 1. The first-order chi connectivity index (χ1) is 12.9. The van der Waals surface area contributed by atoms with Gasteiger partial charge in [0.05, 0.1) is 17.6 Å². The predicted octanol–water partition coefficient (Wildman–Crippen LogP) is 2.00. The number of hydrogen-bond donors (Lipinski definition) is 2. The number of anilines is 1. The minimum atomic E-state index is -0.613. The first kappa shape index (κ1) is 19.3. The van der Waals surface area contributed by atoms with Crippen molar-refractivity contribution < 1.29 is 19.2 Å². The fourth-order valence-corrected chi connectivity index (χ4v) is 3.83. The Balaban J connectivity index is 1.57. The molecule has 1 aromatic carbocycles. The van der Waals surface area contributed by atoms with Crippen LogP contribution in [0.1, 0.15) is 24.8 Å². The Kier molecular flexibility index (Phi) is 6.07. The molecule has 2 saturated heterocycles. The van der Waals surface area contributed by atoms with Crippen LogP contribution in [0.25, 0.3) is 0 Å². The number of aliphatic imine (C=N–C) groups is 1. The molecule has 0 unspecified atom stereocenters. The van der Waals surface area contributed by atoms with E-state index in [1.165, 1.54) is 23.9 Å². The van der Waals surface area contributed by atoms with Crippen LogP contribution in [-0.2, 0) is 14.3 Å². The SMILES string of the molecule is Cc1ccc(NC(=O)C[C@@H]2SC(=NC[C@H]3CCCO3)NC2=O)c([N+](=O)[O-])c1. The average Bonchev–Trinajstić information content (AvgIpc) is 3.24. The van der Waals surface area contributed by atoms with Gasteiger partial charge < -0.3 is 15.4 Å². The number of carbonyl (C=O) groups excluding carboxylic acids is 2. The van der Waals surface area contributed by atoms with Gasteiger partial charge in [-0.1, -0.05) is 17.8 Å². The predicted molar refractivity (Wildman–Crippen MR) is 102 cm³/mol.